The minimum atomic E-state index is 0.548. The molecule has 0 unspecified atom stereocenters. The molecule has 0 atom stereocenters. The lowest BCUT2D eigenvalue weighted by Gasteiger charge is -2.31. The summed E-state index contributed by atoms with van der Waals surface area (Å²) in [6, 6.07) is 14.9. The SMILES string of the molecule is C=CCN1CCC(NCc2cn(-c3ccccc3)nc2-c2ccncc2)CC1. The molecular formula is C23H27N5. The summed E-state index contributed by atoms with van der Waals surface area (Å²) in [7, 11) is 0. The first-order valence-electron chi connectivity index (χ1n) is 9.94. The van der Waals surface area contributed by atoms with Crippen molar-refractivity contribution in [2.24, 2.45) is 0 Å². The van der Waals surface area contributed by atoms with Gasteiger partial charge in [-0.05, 0) is 50.2 Å². The van der Waals surface area contributed by atoms with Crippen molar-refractivity contribution in [2.45, 2.75) is 25.4 Å². The topological polar surface area (TPSA) is 46.0 Å². The molecule has 1 fully saturated rings. The van der Waals surface area contributed by atoms with Crippen molar-refractivity contribution in [2.75, 3.05) is 19.6 Å². The van der Waals surface area contributed by atoms with E-state index in [0.717, 1.165) is 43.1 Å². The fraction of sp³-hybridized carbons (Fsp3) is 0.304. The van der Waals surface area contributed by atoms with Crippen LogP contribution in [-0.2, 0) is 6.54 Å². The average molecular weight is 374 g/mol. The van der Waals surface area contributed by atoms with Gasteiger partial charge in [0.05, 0.1) is 11.4 Å². The van der Waals surface area contributed by atoms with Gasteiger partial charge >= 0.3 is 0 Å². The number of nitrogens with one attached hydrogen (secondary N) is 1. The lowest BCUT2D eigenvalue weighted by Crippen LogP contribution is -2.42. The number of piperidine rings is 1. The van der Waals surface area contributed by atoms with Gasteiger partial charge in [0, 0.05) is 48.8 Å². The van der Waals surface area contributed by atoms with Crippen LogP contribution in [0.1, 0.15) is 18.4 Å². The molecule has 3 heterocycles. The monoisotopic (exact) mass is 373 g/mol. The maximum absolute atomic E-state index is 4.88. The average Bonchev–Trinajstić information content (AvgIpc) is 3.19. The highest BCUT2D eigenvalue weighted by Crippen LogP contribution is 2.23. The molecule has 0 bridgehead atoms. The van der Waals surface area contributed by atoms with Crippen molar-refractivity contribution in [3.8, 4) is 16.9 Å². The summed E-state index contributed by atoms with van der Waals surface area (Å²) in [6.45, 7) is 7.91. The van der Waals surface area contributed by atoms with E-state index in [1.165, 1.54) is 18.4 Å². The fourth-order valence-corrected chi connectivity index (χ4v) is 3.76. The number of benzene rings is 1. The number of para-hydroxylation sites is 1. The van der Waals surface area contributed by atoms with Gasteiger partial charge in [0.15, 0.2) is 0 Å². The van der Waals surface area contributed by atoms with E-state index in [1.54, 1.807) is 0 Å². The van der Waals surface area contributed by atoms with Gasteiger partial charge in [-0.15, -0.1) is 6.58 Å². The molecule has 1 N–H and O–H groups in total. The van der Waals surface area contributed by atoms with Crippen LogP contribution in [0.25, 0.3) is 16.9 Å². The quantitative estimate of drug-likeness (QED) is 0.642. The van der Waals surface area contributed by atoms with Gasteiger partial charge in [0.2, 0.25) is 0 Å². The van der Waals surface area contributed by atoms with E-state index in [4.69, 9.17) is 5.10 Å². The summed E-state index contributed by atoms with van der Waals surface area (Å²) in [5.74, 6) is 0. The van der Waals surface area contributed by atoms with Crippen molar-refractivity contribution < 1.29 is 0 Å². The third kappa shape index (κ3) is 4.38. The van der Waals surface area contributed by atoms with E-state index >= 15 is 0 Å². The normalized spacial score (nSPS) is 15.6. The molecule has 3 aromatic rings. The molecule has 0 aliphatic carbocycles. The van der Waals surface area contributed by atoms with Crippen LogP contribution in [0.4, 0.5) is 0 Å². The Kier molecular flexibility index (Phi) is 5.95. The van der Waals surface area contributed by atoms with Gasteiger partial charge in [-0.3, -0.25) is 9.88 Å². The molecule has 4 rings (SSSR count). The van der Waals surface area contributed by atoms with Crippen LogP contribution in [0.2, 0.25) is 0 Å². The van der Waals surface area contributed by atoms with Crippen LogP contribution >= 0.6 is 0 Å². The lowest BCUT2D eigenvalue weighted by atomic mass is 10.0. The highest BCUT2D eigenvalue weighted by molar-refractivity contribution is 5.62. The Labute approximate surface area is 166 Å². The Morgan fingerprint density at radius 2 is 1.82 bits per heavy atom. The summed E-state index contributed by atoms with van der Waals surface area (Å²) >= 11 is 0. The van der Waals surface area contributed by atoms with Crippen molar-refractivity contribution in [3.05, 3.63) is 79.3 Å². The highest BCUT2D eigenvalue weighted by atomic mass is 15.3. The van der Waals surface area contributed by atoms with E-state index in [1.807, 2.05) is 53.5 Å². The Balaban J connectivity index is 1.51. The molecule has 1 aromatic carbocycles. The third-order valence-corrected chi connectivity index (χ3v) is 5.32. The molecule has 0 spiro atoms. The molecule has 28 heavy (non-hydrogen) atoms. The van der Waals surface area contributed by atoms with Gasteiger partial charge in [-0.2, -0.15) is 5.10 Å². The minimum Gasteiger partial charge on any atom is -0.310 e. The van der Waals surface area contributed by atoms with Crippen LogP contribution in [0.5, 0.6) is 0 Å². The van der Waals surface area contributed by atoms with E-state index in [9.17, 15) is 0 Å². The number of hydrogen-bond donors (Lipinski definition) is 1. The van der Waals surface area contributed by atoms with Crippen LogP contribution in [-0.4, -0.2) is 45.3 Å². The summed E-state index contributed by atoms with van der Waals surface area (Å²) in [4.78, 5) is 6.60. The lowest BCUT2D eigenvalue weighted by molar-refractivity contribution is 0.214. The first-order valence-corrected chi connectivity index (χ1v) is 9.94. The number of aromatic nitrogens is 3. The van der Waals surface area contributed by atoms with Crippen LogP contribution in [0, 0.1) is 0 Å². The smallest absolute Gasteiger partial charge is 0.0973 e. The number of likely N-dealkylation sites (tertiary alicyclic amines) is 1. The minimum absolute atomic E-state index is 0.548. The molecule has 0 amide bonds. The second-order valence-corrected chi connectivity index (χ2v) is 7.26. The standard InChI is InChI=1S/C23H27N5/c1-2-14-27-15-10-21(11-16-27)25-17-20-18-28(22-6-4-3-5-7-22)26-23(20)19-8-12-24-13-9-19/h2-9,12-13,18,21,25H,1,10-11,14-17H2. The van der Waals surface area contributed by atoms with Crippen LogP contribution in [0.15, 0.2) is 73.7 Å². The molecule has 0 radical (unpaired) electrons. The molecule has 144 valence electrons. The first-order chi connectivity index (χ1) is 13.8. The number of nitrogens with zero attached hydrogens (tertiary/aromatic N) is 4. The first kappa shape index (κ1) is 18.6. The van der Waals surface area contributed by atoms with Crippen LogP contribution in [0.3, 0.4) is 0 Å². The van der Waals surface area contributed by atoms with Gasteiger partial charge in [-0.1, -0.05) is 24.3 Å². The summed E-state index contributed by atoms with van der Waals surface area (Å²) in [6.07, 6.45) is 10.1. The molecular weight excluding hydrogens is 346 g/mol. The summed E-state index contributed by atoms with van der Waals surface area (Å²) in [5.41, 5.74) is 4.40. The zero-order valence-electron chi connectivity index (χ0n) is 16.2. The van der Waals surface area contributed by atoms with Gasteiger partial charge in [-0.25, -0.2) is 4.68 Å². The Morgan fingerprint density at radius 3 is 2.54 bits per heavy atom. The maximum atomic E-state index is 4.88. The molecule has 5 heteroatoms. The van der Waals surface area contributed by atoms with E-state index < -0.39 is 0 Å². The molecule has 1 saturated heterocycles. The van der Waals surface area contributed by atoms with Crippen molar-refractivity contribution in [1.29, 1.82) is 0 Å². The van der Waals surface area contributed by atoms with E-state index in [2.05, 4.69) is 40.1 Å². The Morgan fingerprint density at radius 1 is 1.07 bits per heavy atom. The largest absolute Gasteiger partial charge is 0.310 e. The second kappa shape index (κ2) is 8.95. The zero-order valence-corrected chi connectivity index (χ0v) is 16.2. The molecule has 0 saturated carbocycles. The molecule has 1 aliphatic rings. The van der Waals surface area contributed by atoms with E-state index in [-0.39, 0.29) is 0 Å². The van der Waals surface area contributed by atoms with Gasteiger partial charge < -0.3 is 5.32 Å². The molecule has 5 nitrogen and oxygen atoms in total. The third-order valence-electron chi connectivity index (χ3n) is 5.32. The summed E-state index contributed by atoms with van der Waals surface area (Å²) in [5, 5.41) is 8.63. The predicted octanol–water partition coefficient (Wildman–Crippen LogP) is 3.67. The molecule has 1 aliphatic heterocycles. The zero-order chi connectivity index (χ0) is 19.2. The Bertz CT molecular complexity index is 880. The number of hydrogen-bond acceptors (Lipinski definition) is 4. The number of rotatable bonds is 7. The predicted molar refractivity (Wildman–Crippen MR) is 113 cm³/mol. The van der Waals surface area contributed by atoms with Gasteiger partial charge in [0.1, 0.15) is 0 Å². The van der Waals surface area contributed by atoms with Gasteiger partial charge in [0.25, 0.3) is 0 Å². The van der Waals surface area contributed by atoms with E-state index in [0.29, 0.717) is 6.04 Å². The van der Waals surface area contributed by atoms with Crippen molar-refractivity contribution in [1.82, 2.24) is 25.0 Å². The summed E-state index contributed by atoms with van der Waals surface area (Å²) < 4.78 is 1.97. The van der Waals surface area contributed by atoms with Crippen molar-refractivity contribution in [3.63, 3.8) is 0 Å². The molecule has 2 aromatic heterocycles. The maximum Gasteiger partial charge on any atom is 0.0973 e. The second-order valence-electron chi connectivity index (χ2n) is 7.26. The Hall–Kier alpha value is -2.76. The highest BCUT2D eigenvalue weighted by Gasteiger charge is 2.19. The number of pyridine rings is 1. The van der Waals surface area contributed by atoms with Crippen LogP contribution < -0.4 is 5.32 Å². The van der Waals surface area contributed by atoms with Crippen molar-refractivity contribution >= 4 is 0 Å². The fourth-order valence-electron chi connectivity index (χ4n) is 3.76.